The van der Waals surface area contributed by atoms with Crippen LogP contribution in [0, 0.1) is 0 Å². The van der Waals surface area contributed by atoms with E-state index in [4.69, 9.17) is 5.73 Å². The molecule has 0 aromatic heterocycles. The van der Waals surface area contributed by atoms with Gasteiger partial charge in [0.1, 0.15) is 0 Å². The molecule has 0 aliphatic rings. The first kappa shape index (κ1) is 14.1. The summed E-state index contributed by atoms with van der Waals surface area (Å²) in [6.45, 7) is 0.522. The fourth-order valence-electron chi connectivity index (χ4n) is 1.56. The maximum Gasteiger partial charge on any atom is 0.251 e. The highest BCUT2D eigenvalue weighted by atomic mass is 35.5. The molecule has 0 bridgehead atoms. The van der Waals surface area contributed by atoms with Gasteiger partial charge >= 0.3 is 0 Å². The third-order valence-electron chi connectivity index (χ3n) is 2.44. The van der Waals surface area contributed by atoms with Crippen LogP contribution in [0.15, 0.2) is 54.6 Å². The standard InChI is InChI=1S/C14H14N2O.ClH/c15-13-8-4-7-12(9-13)14(17)16-10-11-5-2-1-3-6-11;/h1-9H,10,15H2,(H,16,17);1H/p-1. The van der Waals surface area contributed by atoms with Crippen molar-refractivity contribution in [1.82, 2.24) is 5.32 Å². The number of halogens is 1. The van der Waals surface area contributed by atoms with Gasteiger partial charge in [-0.3, -0.25) is 4.79 Å². The van der Waals surface area contributed by atoms with Crippen molar-refractivity contribution in [2.75, 3.05) is 5.73 Å². The van der Waals surface area contributed by atoms with Gasteiger partial charge in [-0.1, -0.05) is 36.4 Å². The molecule has 0 saturated carbocycles. The van der Waals surface area contributed by atoms with Gasteiger partial charge in [-0.15, -0.1) is 0 Å². The van der Waals surface area contributed by atoms with Crippen LogP contribution in [-0.2, 0) is 6.54 Å². The normalized spacial score (nSPS) is 9.33. The maximum atomic E-state index is 11.8. The van der Waals surface area contributed by atoms with Crippen molar-refractivity contribution in [2.24, 2.45) is 0 Å². The lowest BCUT2D eigenvalue weighted by Gasteiger charge is -2.05. The van der Waals surface area contributed by atoms with Crippen molar-refractivity contribution in [3.63, 3.8) is 0 Å². The molecule has 3 nitrogen and oxygen atoms in total. The molecule has 0 fully saturated rings. The minimum absolute atomic E-state index is 0. The van der Waals surface area contributed by atoms with Crippen LogP contribution in [0.4, 0.5) is 5.69 Å². The summed E-state index contributed by atoms with van der Waals surface area (Å²) in [5.41, 5.74) is 7.88. The smallest absolute Gasteiger partial charge is 0.251 e. The fraction of sp³-hybridized carbons (Fsp3) is 0.0714. The number of amides is 1. The lowest BCUT2D eigenvalue weighted by molar-refractivity contribution is -0.0000117. The molecule has 0 aliphatic heterocycles. The van der Waals surface area contributed by atoms with E-state index in [-0.39, 0.29) is 18.3 Å². The maximum absolute atomic E-state index is 11.8. The highest BCUT2D eigenvalue weighted by molar-refractivity contribution is 5.94. The van der Waals surface area contributed by atoms with Crippen LogP contribution in [0.2, 0.25) is 0 Å². The van der Waals surface area contributed by atoms with Crippen molar-refractivity contribution in [3.8, 4) is 0 Å². The molecule has 4 heteroatoms. The molecule has 0 aliphatic carbocycles. The third-order valence-corrected chi connectivity index (χ3v) is 2.44. The van der Waals surface area contributed by atoms with Crippen molar-refractivity contribution in [1.29, 1.82) is 0 Å². The van der Waals surface area contributed by atoms with Gasteiger partial charge in [0.25, 0.3) is 5.91 Å². The van der Waals surface area contributed by atoms with E-state index < -0.39 is 0 Å². The Morgan fingerprint density at radius 2 is 1.78 bits per heavy atom. The largest absolute Gasteiger partial charge is 1.00 e. The predicted octanol–water partition coefficient (Wildman–Crippen LogP) is -0.797. The zero-order valence-electron chi connectivity index (χ0n) is 9.77. The van der Waals surface area contributed by atoms with Gasteiger partial charge in [0.2, 0.25) is 0 Å². The summed E-state index contributed by atoms with van der Waals surface area (Å²) in [5, 5.41) is 2.85. The minimum Gasteiger partial charge on any atom is -1.00 e. The Morgan fingerprint density at radius 3 is 2.44 bits per heavy atom. The quantitative estimate of drug-likeness (QED) is 0.711. The Labute approximate surface area is 112 Å². The van der Waals surface area contributed by atoms with E-state index in [0.717, 1.165) is 5.56 Å². The zero-order valence-corrected chi connectivity index (χ0v) is 10.5. The summed E-state index contributed by atoms with van der Waals surface area (Å²) in [6, 6.07) is 16.7. The third kappa shape index (κ3) is 3.79. The summed E-state index contributed by atoms with van der Waals surface area (Å²) >= 11 is 0. The first-order chi connectivity index (χ1) is 8.25. The summed E-state index contributed by atoms with van der Waals surface area (Å²) in [4.78, 5) is 11.8. The number of nitrogen functional groups attached to an aromatic ring is 1. The van der Waals surface area contributed by atoms with Gasteiger partial charge in [0.15, 0.2) is 0 Å². The Bertz CT molecular complexity index is 514. The van der Waals surface area contributed by atoms with E-state index in [1.165, 1.54) is 0 Å². The lowest BCUT2D eigenvalue weighted by Crippen LogP contribution is -3.00. The number of hydrogen-bond acceptors (Lipinski definition) is 2. The number of carbonyl (C=O) groups is 1. The van der Waals surface area contributed by atoms with E-state index in [9.17, 15) is 4.79 Å². The molecule has 18 heavy (non-hydrogen) atoms. The van der Waals surface area contributed by atoms with Gasteiger partial charge in [0, 0.05) is 17.8 Å². The highest BCUT2D eigenvalue weighted by Gasteiger charge is 2.04. The Kier molecular flexibility index (Phi) is 5.21. The topological polar surface area (TPSA) is 55.1 Å². The second-order valence-corrected chi connectivity index (χ2v) is 3.79. The first-order valence-corrected chi connectivity index (χ1v) is 5.43. The second-order valence-electron chi connectivity index (χ2n) is 3.79. The molecule has 0 unspecified atom stereocenters. The molecule has 2 rings (SSSR count). The van der Waals surface area contributed by atoms with Gasteiger partial charge < -0.3 is 23.5 Å². The van der Waals surface area contributed by atoms with Crippen LogP contribution in [0.3, 0.4) is 0 Å². The molecular formula is C14H14ClN2O-. The van der Waals surface area contributed by atoms with Gasteiger partial charge in [-0.25, -0.2) is 0 Å². The average Bonchev–Trinajstić information content (AvgIpc) is 2.37. The molecule has 94 valence electrons. The van der Waals surface area contributed by atoms with E-state index in [1.54, 1.807) is 24.3 Å². The Balaban J connectivity index is 0.00000162. The highest BCUT2D eigenvalue weighted by Crippen LogP contribution is 2.06. The molecule has 0 saturated heterocycles. The van der Waals surface area contributed by atoms with Crippen molar-refractivity contribution < 1.29 is 17.2 Å². The Hall–Kier alpha value is -2.00. The van der Waals surface area contributed by atoms with E-state index in [0.29, 0.717) is 17.8 Å². The van der Waals surface area contributed by atoms with Gasteiger partial charge in [-0.05, 0) is 23.8 Å². The number of hydrogen-bond donors (Lipinski definition) is 2. The van der Waals surface area contributed by atoms with Crippen LogP contribution in [0.25, 0.3) is 0 Å². The van der Waals surface area contributed by atoms with Gasteiger partial charge in [-0.2, -0.15) is 0 Å². The summed E-state index contributed by atoms with van der Waals surface area (Å²) in [7, 11) is 0. The van der Waals surface area contributed by atoms with Crippen LogP contribution < -0.4 is 23.5 Å². The van der Waals surface area contributed by atoms with Crippen LogP contribution in [-0.4, -0.2) is 5.91 Å². The van der Waals surface area contributed by atoms with Crippen LogP contribution in [0.1, 0.15) is 15.9 Å². The first-order valence-electron chi connectivity index (χ1n) is 5.43. The number of anilines is 1. The molecule has 0 spiro atoms. The van der Waals surface area contributed by atoms with E-state index >= 15 is 0 Å². The molecule has 3 N–H and O–H groups in total. The molecule has 1 amide bonds. The SMILES string of the molecule is Nc1cccc(C(=O)NCc2ccccc2)c1.[Cl-]. The molecule has 2 aromatic rings. The monoisotopic (exact) mass is 261 g/mol. The average molecular weight is 262 g/mol. The zero-order chi connectivity index (χ0) is 12.1. The predicted molar refractivity (Wildman–Crippen MR) is 68.5 cm³/mol. The summed E-state index contributed by atoms with van der Waals surface area (Å²) in [5.74, 6) is -0.110. The van der Waals surface area contributed by atoms with Crippen molar-refractivity contribution >= 4 is 11.6 Å². The molecule has 2 aromatic carbocycles. The van der Waals surface area contributed by atoms with Crippen molar-refractivity contribution in [2.45, 2.75) is 6.54 Å². The van der Waals surface area contributed by atoms with E-state index in [1.807, 2.05) is 30.3 Å². The number of carbonyl (C=O) groups excluding carboxylic acids is 1. The van der Waals surface area contributed by atoms with Crippen LogP contribution >= 0.6 is 0 Å². The number of rotatable bonds is 3. The van der Waals surface area contributed by atoms with E-state index in [2.05, 4.69) is 5.32 Å². The van der Waals surface area contributed by atoms with Crippen molar-refractivity contribution in [3.05, 3.63) is 65.7 Å². The molecular weight excluding hydrogens is 248 g/mol. The number of benzene rings is 2. The minimum atomic E-state index is -0.110. The summed E-state index contributed by atoms with van der Waals surface area (Å²) in [6.07, 6.45) is 0. The Morgan fingerprint density at radius 1 is 1.06 bits per heavy atom. The fourth-order valence-corrected chi connectivity index (χ4v) is 1.56. The lowest BCUT2D eigenvalue weighted by atomic mass is 10.2. The number of nitrogens with two attached hydrogens (primary N) is 1. The molecule has 0 radical (unpaired) electrons. The second kappa shape index (κ2) is 6.67. The summed E-state index contributed by atoms with van der Waals surface area (Å²) < 4.78 is 0. The molecule has 0 heterocycles. The van der Waals surface area contributed by atoms with Crippen LogP contribution in [0.5, 0.6) is 0 Å². The molecule has 0 atom stereocenters. The van der Waals surface area contributed by atoms with Gasteiger partial charge in [0.05, 0.1) is 0 Å². The number of nitrogens with one attached hydrogen (secondary N) is 1.